The smallest absolute Gasteiger partial charge is 0.324 e. The van der Waals surface area contributed by atoms with Gasteiger partial charge in [0.25, 0.3) is 0 Å². The van der Waals surface area contributed by atoms with E-state index in [0.717, 1.165) is 30.5 Å². The highest BCUT2D eigenvalue weighted by molar-refractivity contribution is 5.67. The molecule has 18 heavy (non-hydrogen) atoms. The topological polar surface area (TPSA) is 26.0 Å². The average molecular weight is 259 g/mol. The molecule has 2 N–H and O–H groups in total. The van der Waals surface area contributed by atoms with E-state index >= 15 is 0 Å². The maximum atomic E-state index is 13.1. The number of rotatable bonds is 1. The minimum Gasteiger partial charge on any atom is -0.324 e. The van der Waals surface area contributed by atoms with Gasteiger partial charge in [-0.25, -0.2) is 4.39 Å². The molecule has 0 fully saturated rings. The second-order valence-electron chi connectivity index (χ2n) is 4.44. The van der Waals surface area contributed by atoms with Crippen LogP contribution in [-0.4, -0.2) is 6.04 Å². The lowest BCUT2D eigenvalue weighted by molar-refractivity contribution is -0.140. The summed E-state index contributed by atoms with van der Waals surface area (Å²) in [5, 5.41) is 0. The number of hydrogen-bond acceptors (Lipinski definition) is 1. The third kappa shape index (κ3) is 2.72. The van der Waals surface area contributed by atoms with Crippen molar-refractivity contribution in [3.63, 3.8) is 0 Å². The number of benzene rings is 1. The summed E-state index contributed by atoms with van der Waals surface area (Å²) in [6.07, 6.45) is -0.562. The molecular weight excluding hydrogens is 246 g/mol. The van der Waals surface area contributed by atoms with E-state index in [0.29, 0.717) is 12.0 Å². The summed E-state index contributed by atoms with van der Waals surface area (Å²) >= 11 is 0. The monoisotopic (exact) mass is 259 g/mol. The molecule has 2 rings (SSSR count). The van der Waals surface area contributed by atoms with E-state index in [2.05, 4.69) is 0 Å². The van der Waals surface area contributed by atoms with Crippen molar-refractivity contribution < 1.29 is 17.6 Å². The lowest BCUT2D eigenvalue weighted by atomic mass is 9.90. The van der Waals surface area contributed by atoms with Crippen LogP contribution in [0.25, 0.3) is 5.57 Å². The van der Waals surface area contributed by atoms with Crippen molar-refractivity contribution in [2.24, 2.45) is 5.73 Å². The molecule has 1 nitrogen and oxygen atoms in total. The minimum atomic E-state index is -4.67. The van der Waals surface area contributed by atoms with Gasteiger partial charge in [0.15, 0.2) is 0 Å². The zero-order valence-electron chi connectivity index (χ0n) is 9.60. The van der Waals surface area contributed by atoms with Crippen molar-refractivity contribution in [2.75, 3.05) is 0 Å². The van der Waals surface area contributed by atoms with Crippen LogP contribution in [0.5, 0.6) is 0 Å². The van der Waals surface area contributed by atoms with Gasteiger partial charge in [-0.3, -0.25) is 0 Å². The van der Waals surface area contributed by atoms with Crippen molar-refractivity contribution in [3.8, 4) is 0 Å². The number of halogens is 4. The van der Waals surface area contributed by atoms with Gasteiger partial charge in [0.05, 0.1) is 5.56 Å². The largest absolute Gasteiger partial charge is 0.419 e. The maximum absolute atomic E-state index is 13.1. The van der Waals surface area contributed by atoms with Gasteiger partial charge in [-0.1, -0.05) is 12.1 Å². The Morgan fingerprint density at radius 2 is 1.94 bits per heavy atom. The second-order valence-corrected chi connectivity index (χ2v) is 4.44. The summed E-state index contributed by atoms with van der Waals surface area (Å²) in [6.45, 7) is 0. The number of nitrogens with two attached hydrogens (primary N) is 1. The molecule has 5 heteroatoms. The van der Waals surface area contributed by atoms with E-state index in [-0.39, 0.29) is 6.04 Å². The summed E-state index contributed by atoms with van der Waals surface area (Å²) in [7, 11) is 0. The molecule has 0 amide bonds. The molecule has 1 aliphatic carbocycles. The van der Waals surface area contributed by atoms with Crippen LogP contribution in [0.2, 0.25) is 0 Å². The van der Waals surface area contributed by atoms with E-state index in [1.807, 2.05) is 0 Å². The quantitative estimate of drug-likeness (QED) is 0.764. The summed E-state index contributed by atoms with van der Waals surface area (Å²) in [5.74, 6) is -1.24. The zero-order valence-corrected chi connectivity index (χ0v) is 9.60. The van der Waals surface area contributed by atoms with Gasteiger partial charge in [-0.15, -0.1) is 0 Å². The van der Waals surface area contributed by atoms with Crippen LogP contribution < -0.4 is 5.73 Å². The number of hydrogen-bond donors (Lipinski definition) is 1. The Kier molecular flexibility index (Phi) is 3.43. The van der Waals surface area contributed by atoms with E-state index in [1.54, 1.807) is 6.08 Å². The predicted octanol–water partition coefficient (Wildman–Crippen LogP) is 3.74. The van der Waals surface area contributed by atoms with Crippen molar-refractivity contribution in [3.05, 3.63) is 41.2 Å². The van der Waals surface area contributed by atoms with E-state index in [4.69, 9.17) is 5.73 Å². The molecule has 0 saturated heterocycles. The molecule has 1 aromatic carbocycles. The second kappa shape index (κ2) is 4.72. The first-order valence-electron chi connectivity index (χ1n) is 5.71. The molecule has 1 atom stereocenters. The molecule has 98 valence electrons. The van der Waals surface area contributed by atoms with Gasteiger partial charge >= 0.3 is 6.18 Å². The van der Waals surface area contributed by atoms with Crippen molar-refractivity contribution in [1.29, 1.82) is 0 Å². The van der Waals surface area contributed by atoms with Gasteiger partial charge < -0.3 is 5.73 Å². The highest BCUT2D eigenvalue weighted by atomic mass is 19.4. The molecule has 0 aromatic heterocycles. The lowest BCUT2D eigenvalue weighted by Gasteiger charge is -2.19. The average Bonchev–Trinajstić information content (AvgIpc) is 2.28. The highest BCUT2D eigenvalue weighted by Crippen LogP contribution is 2.34. The molecule has 0 saturated carbocycles. The van der Waals surface area contributed by atoms with Crippen LogP contribution >= 0.6 is 0 Å². The van der Waals surface area contributed by atoms with Gasteiger partial charge in [-0.05, 0) is 42.5 Å². The van der Waals surface area contributed by atoms with Crippen LogP contribution in [0, 0.1) is 5.82 Å². The Morgan fingerprint density at radius 1 is 1.22 bits per heavy atom. The Balaban J connectivity index is 2.41. The van der Waals surface area contributed by atoms with Crippen LogP contribution in [0.1, 0.15) is 30.4 Å². The number of allylic oxidation sites excluding steroid dienone is 1. The molecule has 0 radical (unpaired) electrons. The van der Waals surface area contributed by atoms with E-state index in [9.17, 15) is 17.6 Å². The van der Waals surface area contributed by atoms with Gasteiger partial charge in [0.2, 0.25) is 0 Å². The van der Waals surface area contributed by atoms with Crippen molar-refractivity contribution in [2.45, 2.75) is 31.5 Å². The molecule has 0 spiro atoms. The van der Waals surface area contributed by atoms with Crippen molar-refractivity contribution >= 4 is 5.57 Å². The summed E-state index contributed by atoms with van der Waals surface area (Å²) < 4.78 is 50.9. The molecule has 1 unspecified atom stereocenters. The first-order chi connectivity index (χ1) is 8.38. The molecule has 0 heterocycles. The van der Waals surface area contributed by atoms with Crippen LogP contribution in [0.3, 0.4) is 0 Å². The standard InChI is InChI=1S/C13H13F4N/c14-12-5-4-9(7-11(12)13(15,16)17)8-2-1-3-10(18)6-8/h4-7,10H,1-3,18H2. The van der Waals surface area contributed by atoms with Gasteiger partial charge in [-0.2, -0.15) is 13.2 Å². The highest BCUT2D eigenvalue weighted by Gasteiger charge is 2.34. The van der Waals surface area contributed by atoms with Gasteiger partial charge in [0.1, 0.15) is 5.82 Å². The molecule has 1 aromatic rings. The van der Waals surface area contributed by atoms with Gasteiger partial charge in [0, 0.05) is 6.04 Å². The summed E-state index contributed by atoms with van der Waals surface area (Å²) in [6, 6.07) is 2.96. The van der Waals surface area contributed by atoms with Crippen LogP contribution in [0.4, 0.5) is 17.6 Å². The molecule has 1 aliphatic rings. The normalized spacial score (nSPS) is 20.7. The Labute approximate surface area is 102 Å². The lowest BCUT2D eigenvalue weighted by Crippen LogP contribution is -2.20. The predicted molar refractivity (Wildman–Crippen MR) is 61.2 cm³/mol. The Hall–Kier alpha value is -1.36. The SMILES string of the molecule is NC1C=C(c2ccc(F)c(C(F)(F)F)c2)CCC1. The summed E-state index contributed by atoms with van der Waals surface area (Å²) in [4.78, 5) is 0. The maximum Gasteiger partial charge on any atom is 0.419 e. The Morgan fingerprint density at radius 3 is 2.56 bits per heavy atom. The van der Waals surface area contributed by atoms with Crippen LogP contribution in [-0.2, 0) is 6.18 Å². The van der Waals surface area contributed by atoms with E-state index in [1.165, 1.54) is 6.07 Å². The third-order valence-corrected chi connectivity index (χ3v) is 3.04. The first-order valence-corrected chi connectivity index (χ1v) is 5.71. The fourth-order valence-corrected chi connectivity index (χ4v) is 2.14. The van der Waals surface area contributed by atoms with Crippen molar-refractivity contribution in [1.82, 2.24) is 0 Å². The van der Waals surface area contributed by atoms with Crippen LogP contribution in [0.15, 0.2) is 24.3 Å². The molecule has 0 aliphatic heterocycles. The molecule has 0 bridgehead atoms. The summed E-state index contributed by atoms with van der Waals surface area (Å²) in [5.41, 5.74) is 5.69. The fraction of sp³-hybridized carbons (Fsp3) is 0.385. The first kappa shape index (κ1) is 13.1. The third-order valence-electron chi connectivity index (χ3n) is 3.04. The van der Waals surface area contributed by atoms with E-state index < -0.39 is 17.6 Å². The Bertz CT molecular complexity index is 476. The number of alkyl halides is 3. The fourth-order valence-electron chi connectivity index (χ4n) is 2.14. The minimum absolute atomic E-state index is 0.131. The molecular formula is C13H13F4N. The zero-order chi connectivity index (χ0) is 13.3.